The first-order chi connectivity index (χ1) is 12.4. The maximum absolute atomic E-state index is 12.4. The Morgan fingerprint density at radius 3 is 3.00 bits per heavy atom. The highest BCUT2D eigenvalue weighted by atomic mass is 32.2. The predicted molar refractivity (Wildman–Crippen MR) is 95.1 cm³/mol. The predicted octanol–water partition coefficient (Wildman–Crippen LogP) is 0.0882. The number of amides is 1. The normalized spacial score (nSPS) is 27.9. The van der Waals surface area contributed by atoms with Crippen LogP contribution in [0.3, 0.4) is 0 Å². The van der Waals surface area contributed by atoms with Gasteiger partial charge >= 0.3 is 0 Å². The van der Waals surface area contributed by atoms with E-state index >= 15 is 0 Å². The Morgan fingerprint density at radius 1 is 1.38 bits per heavy atom. The third kappa shape index (κ3) is 3.46. The van der Waals surface area contributed by atoms with Crippen LogP contribution in [0.15, 0.2) is 30.6 Å². The van der Waals surface area contributed by atoms with E-state index in [0.717, 1.165) is 24.0 Å². The lowest BCUT2D eigenvalue weighted by Crippen LogP contribution is -2.70. The molecule has 140 valence electrons. The second-order valence-corrected chi connectivity index (χ2v) is 8.78. The number of aromatic nitrogens is 2. The number of nitrogens with one attached hydrogen (secondary N) is 2. The van der Waals surface area contributed by atoms with Crippen molar-refractivity contribution in [2.24, 2.45) is 5.92 Å². The monoisotopic (exact) mass is 378 g/mol. The third-order valence-electron chi connectivity index (χ3n) is 5.09. The Bertz CT molecular complexity index is 893. The fourth-order valence-electron chi connectivity index (χ4n) is 3.90. The van der Waals surface area contributed by atoms with Crippen LogP contribution in [-0.2, 0) is 26.0 Å². The number of aryl methyl sites for hydroxylation is 1. The fraction of sp³-hybridized carbons (Fsp3) is 0.529. The fourth-order valence-corrected chi connectivity index (χ4v) is 4.67. The molecule has 4 unspecified atom stereocenters. The van der Waals surface area contributed by atoms with Crippen molar-refractivity contribution in [3.05, 3.63) is 36.3 Å². The van der Waals surface area contributed by atoms with Gasteiger partial charge in [0.1, 0.15) is 5.65 Å². The molecule has 1 amide bonds. The van der Waals surface area contributed by atoms with Crippen molar-refractivity contribution in [3.8, 4) is 0 Å². The second-order valence-electron chi connectivity index (χ2n) is 7.00. The summed E-state index contributed by atoms with van der Waals surface area (Å²) in [5, 5.41) is 2.98. The van der Waals surface area contributed by atoms with Gasteiger partial charge in [-0.1, -0.05) is 6.07 Å². The zero-order chi connectivity index (χ0) is 18.3. The molecular weight excluding hydrogens is 356 g/mol. The van der Waals surface area contributed by atoms with Crippen LogP contribution in [0, 0.1) is 5.92 Å². The number of rotatable bonds is 6. The number of nitrogens with zero attached hydrogens (tertiary/aromatic N) is 2. The zero-order valence-corrected chi connectivity index (χ0v) is 15.3. The molecule has 0 aromatic carbocycles. The first kappa shape index (κ1) is 17.4. The van der Waals surface area contributed by atoms with Crippen molar-refractivity contribution in [2.45, 2.75) is 37.5 Å². The second kappa shape index (κ2) is 6.64. The van der Waals surface area contributed by atoms with Gasteiger partial charge in [-0.2, -0.15) is 0 Å². The first-order valence-electron chi connectivity index (χ1n) is 8.71. The highest BCUT2D eigenvalue weighted by molar-refractivity contribution is 7.88. The van der Waals surface area contributed by atoms with E-state index in [1.807, 2.05) is 35.0 Å². The van der Waals surface area contributed by atoms with Gasteiger partial charge in [0.05, 0.1) is 30.1 Å². The van der Waals surface area contributed by atoms with E-state index in [9.17, 15) is 13.2 Å². The average molecular weight is 378 g/mol. The molecule has 2 fully saturated rings. The Balaban J connectivity index is 1.36. The van der Waals surface area contributed by atoms with Crippen LogP contribution in [0.5, 0.6) is 0 Å². The summed E-state index contributed by atoms with van der Waals surface area (Å²) in [6.07, 6.45) is 6.50. The number of pyridine rings is 1. The molecule has 4 rings (SSSR count). The first-order valence-corrected chi connectivity index (χ1v) is 10.6. The van der Waals surface area contributed by atoms with Crippen molar-refractivity contribution < 1.29 is 17.9 Å². The van der Waals surface area contributed by atoms with Gasteiger partial charge in [0, 0.05) is 31.3 Å². The van der Waals surface area contributed by atoms with Crippen LogP contribution in [0.25, 0.3) is 5.65 Å². The maximum atomic E-state index is 12.4. The number of hydrogen-bond acceptors (Lipinski definition) is 5. The van der Waals surface area contributed by atoms with Crippen LogP contribution in [0.2, 0.25) is 0 Å². The SMILES string of the molecule is CS(=O)(=O)NC1C(NC(=O)CCc2cn3ccccc3n2)C2CCOC21. The summed E-state index contributed by atoms with van der Waals surface area (Å²) in [5.74, 6) is 0.0751. The molecule has 0 bridgehead atoms. The number of sulfonamides is 1. The lowest BCUT2D eigenvalue weighted by atomic mass is 9.72. The van der Waals surface area contributed by atoms with E-state index in [-0.39, 0.29) is 24.0 Å². The molecule has 2 aromatic heterocycles. The van der Waals surface area contributed by atoms with Crippen LogP contribution in [-0.4, -0.2) is 54.8 Å². The third-order valence-corrected chi connectivity index (χ3v) is 5.79. The van der Waals surface area contributed by atoms with Crippen molar-refractivity contribution in [2.75, 3.05) is 12.9 Å². The van der Waals surface area contributed by atoms with Gasteiger partial charge < -0.3 is 14.5 Å². The van der Waals surface area contributed by atoms with Gasteiger partial charge in [-0.3, -0.25) is 4.79 Å². The van der Waals surface area contributed by atoms with Crippen LogP contribution >= 0.6 is 0 Å². The van der Waals surface area contributed by atoms with E-state index in [0.29, 0.717) is 19.4 Å². The molecule has 2 N–H and O–H groups in total. The van der Waals surface area contributed by atoms with Crippen molar-refractivity contribution in [1.82, 2.24) is 19.4 Å². The smallest absolute Gasteiger partial charge is 0.220 e. The number of carbonyl (C=O) groups excluding carboxylic acids is 1. The topological polar surface area (TPSA) is 102 Å². The summed E-state index contributed by atoms with van der Waals surface area (Å²) in [4.78, 5) is 16.9. The highest BCUT2D eigenvalue weighted by Crippen LogP contribution is 2.39. The molecule has 26 heavy (non-hydrogen) atoms. The van der Waals surface area contributed by atoms with Gasteiger partial charge in [0.25, 0.3) is 0 Å². The lowest BCUT2D eigenvalue weighted by molar-refractivity contribution is -0.125. The molecule has 0 radical (unpaired) electrons. The van der Waals surface area contributed by atoms with Crippen LogP contribution < -0.4 is 10.0 Å². The van der Waals surface area contributed by atoms with Gasteiger partial charge in [-0.05, 0) is 25.0 Å². The zero-order valence-electron chi connectivity index (χ0n) is 14.5. The summed E-state index contributed by atoms with van der Waals surface area (Å²) in [6.45, 7) is 0.602. The Kier molecular flexibility index (Phi) is 4.45. The van der Waals surface area contributed by atoms with E-state index in [1.54, 1.807) is 0 Å². The minimum absolute atomic E-state index is 0.0993. The summed E-state index contributed by atoms with van der Waals surface area (Å²) in [7, 11) is -3.36. The number of fused-ring (bicyclic) bond motifs is 2. The number of carbonyl (C=O) groups is 1. The molecule has 1 aliphatic heterocycles. The van der Waals surface area contributed by atoms with E-state index in [4.69, 9.17) is 4.74 Å². The largest absolute Gasteiger partial charge is 0.376 e. The maximum Gasteiger partial charge on any atom is 0.220 e. The summed E-state index contributed by atoms with van der Waals surface area (Å²) in [5.41, 5.74) is 1.71. The highest BCUT2D eigenvalue weighted by Gasteiger charge is 2.55. The number of imidazole rings is 1. The molecule has 4 atom stereocenters. The molecule has 1 saturated carbocycles. The molecule has 3 heterocycles. The van der Waals surface area contributed by atoms with Crippen molar-refractivity contribution in [1.29, 1.82) is 0 Å². The molecule has 1 aliphatic carbocycles. The molecule has 8 nitrogen and oxygen atoms in total. The molecule has 9 heteroatoms. The molecule has 0 spiro atoms. The van der Waals surface area contributed by atoms with Gasteiger partial charge in [-0.25, -0.2) is 18.1 Å². The molecule has 2 aromatic rings. The minimum atomic E-state index is -3.36. The quantitative estimate of drug-likeness (QED) is 0.742. The molecular formula is C17H22N4O4S. The van der Waals surface area contributed by atoms with E-state index in [2.05, 4.69) is 15.0 Å². The van der Waals surface area contributed by atoms with Gasteiger partial charge in [0.2, 0.25) is 15.9 Å². The minimum Gasteiger partial charge on any atom is -0.376 e. The van der Waals surface area contributed by atoms with Crippen molar-refractivity contribution >= 4 is 21.6 Å². The Labute approximate surface area is 152 Å². The van der Waals surface area contributed by atoms with Crippen molar-refractivity contribution in [3.63, 3.8) is 0 Å². The van der Waals surface area contributed by atoms with E-state index in [1.165, 1.54) is 0 Å². The van der Waals surface area contributed by atoms with E-state index < -0.39 is 16.1 Å². The lowest BCUT2D eigenvalue weighted by Gasteiger charge is -2.47. The van der Waals surface area contributed by atoms with Gasteiger partial charge in [-0.15, -0.1) is 0 Å². The average Bonchev–Trinajstić information content (AvgIpc) is 3.19. The molecule has 2 aliphatic rings. The Hall–Kier alpha value is -1.97. The number of ether oxygens (including phenoxy) is 1. The molecule has 1 saturated heterocycles. The summed E-state index contributed by atoms with van der Waals surface area (Å²) in [6, 6.07) is 5.16. The Morgan fingerprint density at radius 2 is 2.23 bits per heavy atom. The standard InChI is InChI=1S/C17H22N4O4S/c1-26(23,24)20-16-15(12-7-9-25-17(12)16)19-14(22)6-5-11-10-21-8-3-2-4-13(21)18-11/h2-4,8,10,12,15-17,20H,5-7,9H2,1H3,(H,19,22). The van der Waals surface area contributed by atoms with Crippen LogP contribution in [0.4, 0.5) is 0 Å². The van der Waals surface area contributed by atoms with Crippen LogP contribution in [0.1, 0.15) is 18.5 Å². The summed E-state index contributed by atoms with van der Waals surface area (Å²) >= 11 is 0. The van der Waals surface area contributed by atoms with Gasteiger partial charge in [0.15, 0.2) is 0 Å². The summed E-state index contributed by atoms with van der Waals surface area (Å²) < 4.78 is 33.2. The number of hydrogen-bond donors (Lipinski definition) is 2.